The summed E-state index contributed by atoms with van der Waals surface area (Å²) >= 11 is 0. The first-order valence-corrected chi connectivity index (χ1v) is 3.91. The minimum absolute atomic E-state index is 0.464. The third-order valence-electron chi connectivity index (χ3n) is 1.75. The molecule has 0 radical (unpaired) electrons. The molecule has 0 spiro atoms. The van der Waals surface area contributed by atoms with E-state index in [0.717, 1.165) is 0 Å². The second-order valence-corrected chi connectivity index (χ2v) is 2.60. The van der Waals surface area contributed by atoms with Gasteiger partial charge in [0.2, 0.25) is 0 Å². The van der Waals surface area contributed by atoms with E-state index in [2.05, 4.69) is 5.32 Å². The van der Waals surface area contributed by atoms with E-state index in [1.165, 1.54) is 12.2 Å². The standard InChI is InChI=1S/C8H15NO4/c1-2-3-7(13)8(4-10,5-11)9-6-12/h2-3,9-12H,4-6H2,1H3. The van der Waals surface area contributed by atoms with Crippen LogP contribution in [0.3, 0.4) is 0 Å². The zero-order valence-electron chi connectivity index (χ0n) is 7.53. The van der Waals surface area contributed by atoms with Gasteiger partial charge in [0, 0.05) is 0 Å². The zero-order valence-corrected chi connectivity index (χ0v) is 7.53. The average Bonchev–Trinajstić information content (AvgIpc) is 2.14. The zero-order chi connectivity index (χ0) is 10.3. The van der Waals surface area contributed by atoms with Crippen molar-refractivity contribution in [3.63, 3.8) is 0 Å². The normalized spacial score (nSPS) is 12.3. The highest BCUT2D eigenvalue weighted by Gasteiger charge is 2.34. The number of nitrogens with one attached hydrogen (secondary N) is 1. The van der Waals surface area contributed by atoms with E-state index in [-0.39, 0.29) is 0 Å². The van der Waals surface area contributed by atoms with E-state index in [1.807, 2.05) is 0 Å². The summed E-state index contributed by atoms with van der Waals surface area (Å²) in [5.74, 6) is -0.464. The van der Waals surface area contributed by atoms with Gasteiger partial charge in [-0.15, -0.1) is 0 Å². The van der Waals surface area contributed by atoms with E-state index in [1.54, 1.807) is 6.92 Å². The molecular weight excluding hydrogens is 174 g/mol. The van der Waals surface area contributed by atoms with Crippen LogP contribution in [-0.2, 0) is 4.79 Å². The van der Waals surface area contributed by atoms with Crippen LogP contribution in [-0.4, -0.2) is 46.6 Å². The summed E-state index contributed by atoms with van der Waals surface area (Å²) in [5.41, 5.74) is -1.47. The first-order valence-electron chi connectivity index (χ1n) is 3.91. The molecule has 0 aliphatic carbocycles. The third kappa shape index (κ3) is 2.89. The Kier molecular flexibility index (Phi) is 5.48. The van der Waals surface area contributed by atoms with E-state index in [0.29, 0.717) is 0 Å². The van der Waals surface area contributed by atoms with Crippen molar-refractivity contribution in [3.8, 4) is 0 Å². The van der Waals surface area contributed by atoms with Gasteiger partial charge in [-0.1, -0.05) is 6.08 Å². The van der Waals surface area contributed by atoms with Gasteiger partial charge in [-0.05, 0) is 13.0 Å². The van der Waals surface area contributed by atoms with E-state index in [9.17, 15) is 4.79 Å². The van der Waals surface area contributed by atoms with Crippen molar-refractivity contribution >= 4 is 5.78 Å². The Morgan fingerprint density at radius 2 is 1.92 bits per heavy atom. The molecule has 0 rings (SSSR count). The lowest BCUT2D eigenvalue weighted by molar-refractivity contribution is -0.125. The van der Waals surface area contributed by atoms with Gasteiger partial charge < -0.3 is 15.3 Å². The van der Waals surface area contributed by atoms with Gasteiger partial charge in [-0.2, -0.15) is 0 Å². The fourth-order valence-electron chi connectivity index (χ4n) is 0.867. The molecule has 0 heterocycles. The lowest BCUT2D eigenvalue weighted by atomic mass is 9.96. The van der Waals surface area contributed by atoms with Crippen LogP contribution in [0.5, 0.6) is 0 Å². The highest BCUT2D eigenvalue weighted by atomic mass is 16.3. The third-order valence-corrected chi connectivity index (χ3v) is 1.75. The summed E-state index contributed by atoms with van der Waals surface area (Å²) in [4.78, 5) is 11.3. The molecule has 0 fully saturated rings. The minimum Gasteiger partial charge on any atom is -0.394 e. The molecule has 0 saturated carbocycles. The molecule has 0 aromatic rings. The van der Waals surface area contributed by atoms with Crippen LogP contribution in [0, 0.1) is 0 Å². The van der Waals surface area contributed by atoms with Crippen molar-refractivity contribution < 1.29 is 20.1 Å². The number of ketones is 1. The van der Waals surface area contributed by atoms with Crippen molar-refractivity contribution in [1.82, 2.24) is 5.32 Å². The van der Waals surface area contributed by atoms with Gasteiger partial charge >= 0.3 is 0 Å². The number of aliphatic hydroxyl groups is 3. The highest BCUT2D eigenvalue weighted by Crippen LogP contribution is 2.05. The second kappa shape index (κ2) is 5.82. The summed E-state index contributed by atoms with van der Waals surface area (Å²) in [6, 6.07) is 0. The molecule has 0 aromatic carbocycles. The summed E-state index contributed by atoms with van der Waals surface area (Å²) in [5, 5.41) is 28.7. The maximum atomic E-state index is 11.3. The Hall–Kier alpha value is -0.750. The number of aliphatic hydroxyl groups excluding tert-OH is 3. The Balaban J connectivity index is 4.63. The largest absolute Gasteiger partial charge is 0.394 e. The molecular formula is C8H15NO4. The molecule has 0 saturated heterocycles. The summed E-state index contributed by atoms with van der Waals surface area (Å²) < 4.78 is 0. The molecule has 0 aliphatic heterocycles. The fraction of sp³-hybridized carbons (Fsp3) is 0.625. The molecule has 5 nitrogen and oxygen atoms in total. The maximum Gasteiger partial charge on any atom is 0.180 e. The van der Waals surface area contributed by atoms with Crippen molar-refractivity contribution in [3.05, 3.63) is 12.2 Å². The molecule has 5 heteroatoms. The smallest absolute Gasteiger partial charge is 0.180 e. The predicted octanol–water partition coefficient (Wildman–Crippen LogP) is -1.61. The summed E-state index contributed by atoms with van der Waals surface area (Å²) in [7, 11) is 0. The molecule has 0 amide bonds. The van der Waals surface area contributed by atoms with Gasteiger partial charge in [0.15, 0.2) is 5.78 Å². The van der Waals surface area contributed by atoms with Crippen molar-refractivity contribution in [1.29, 1.82) is 0 Å². The van der Waals surface area contributed by atoms with Crippen molar-refractivity contribution in [2.24, 2.45) is 0 Å². The summed E-state index contributed by atoms with van der Waals surface area (Å²) in [6.45, 7) is 0.0429. The molecule has 13 heavy (non-hydrogen) atoms. The van der Waals surface area contributed by atoms with Gasteiger partial charge in [0.05, 0.1) is 19.9 Å². The predicted molar refractivity (Wildman–Crippen MR) is 46.9 cm³/mol. The monoisotopic (exact) mass is 189 g/mol. The molecule has 0 aromatic heterocycles. The van der Waals surface area contributed by atoms with E-state index >= 15 is 0 Å². The fourth-order valence-corrected chi connectivity index (χ4v) is 0.867. The number of rotatable bonds is 6. The van der Waals surface area contributed by atoms with Gasteiger partial charge in [-0.25, -0.2) is 0 Å². The second-order valence-electron chi connectivity index (χ2n) is 2.60. The van der Waals surface area contributed by atoms with Gasteiger partial charge in [-0.3, -0.25) is 10.1 Å². The van der Waals surface area contributed by atoms with Crippen LogP contribution in [0.1, 0.15) is 6.92 Å². The first kappa shape index (κ1) is 12.2. The summed E-state index contributed by atoms with van der Waals surface area (Å²) in [6.07, 6.45) is 2.73. The number of carbonyl (C=O) groups is 1. The minimum atomic E-state index is -1.47. The number of allylic oxidation sites excluding steroid dienone is 1. The Morgan fingerprint density at radius 1 is 1.38 bits per heavy atom. The number of hydrogen-bond donors (Lipinski definition) is 4. The molecule has 0 aliphatic rings. The Morgan fingerprint density at radius 3 is 2.23 bits per heavy atom. The SMILES string of the molecule is CC=CC(=O)C(CO)(CO)NCO. The van der Waals surface area contributed by atoms with E-state index < -0.39 is 31.3 Å². The van der Waals surface area contributed by atoms with Gasteiger partial charge in [0.25, 0.3) is 0 Å². The van der Waals surface area contributed by atoms with Crippen molar-refractivity contribution in [2.45, 2.75) is 12.5 Å². The molecule has 0 bridgehead atoms. The lowest BCUT2D eigenvalue weighted by Gasteiger charge is -2.27. The number of hydrogen-bond acceptors (Lipinski definition) is 5. The first-order chi connectivity index (χ1) is 6.16. The Labute approximate surface area is 76.7 Å². The van der Waals surface area contributed by atoms with Crippen LogP contribution in [0.4, 0.5) is 0 Å². The Bertz CT molecular complexity index is 187. The molecule has 76 valence electrons. The van der Waals surface area contributed by atoms with Crippen LogP contribution in [0.2, 0.25) is 0 Å². The topological polar surface area (TPSA) is 89.8 Å². The van der Waals surface area contributed by atoms with Crippen LogP contribution < -0.4 is 5.32 Å². The molecule has 0 atom stereocenters. The van der Waals surface area contributed by atoms with Crippen molar-refractivity contribution in [2.75, 3.05) is 19.9 Å². The average molecular weight is 189 g/mol. The number of carbonyl (C=O) groups excluding carboxylic acids is 1. The van der Waals surface area contributed by atoms with E-state index in [4.69, 9.17) is 15.3 Å². The highest BCUT2D eigenvalue weighted by molar-refractivity contribution is 5.98. The van der Waals surface area contributed by atoms with Gasteiger partial charge in [0.1, 0.15) is 5.54 Å². The molecule has 4 N–H and O–H groups in total. The van der Waals surface area contributed by atoms with Crippen LogP contribution in [0.25, 0.3) is 0 Å². The maximum absolute atomic E-state index is 11.3. The molecule has 0 unspecified atom stereocenters. The van der Waals surface area contributed by atoms with Crippen LogP contribution in [0.15, 0.2) is 12.2 Å². The quantitative estimate of drug-likeness (QED) is 0.298. The lowest BCUT2D eigenvalue weighted by Crippen LogP contribution is -2.57. The van der Waals surface area contributed by atoms with Crippen LogP contribution >= 0.6 is 0 Å².